The Kier molecular flexibility index (Phi) is 3.31. The van der Waals surface area contributed by atoms with Crippen molar-refractivity contribution in [2.75, 3.05) is 0 Å². The minimum absolute atomic E-state index is 0.124. The Morgan fingerprint density at radius 3 is 2.40 bits per heavy atom. The first-order valence-corrected chi connectivity index (χ1v) is 5.78. The summed E-state index contributed by atoms with van der Waals surface area (Å²) in [6.07, 6.45) is 10.4. The topological polar surface area (TPSA) is 51.8 Å². The van der Waals surface area contributed by atoms with Crippen LogP contribution in [0.4, 0.5) is 0 Å². The van der Waals surface area contributed by atoms with Gasteiger partial charge in [-0.2, -0.15) is 0 Å². The van der Waals surface area contributed by atoms with Crippen molar-refractivity contribution in [3.63, 3.8) is 0 Å². The van der Waals surface area contributed by atoms with E-state index in [1.807, 2.05) is 12.4 Å². The molecule has 0 bridgehead atoms. The normalized spacial score (nSPS) is 28.7. The van der Waals surface area contributed by atoms with Gasteiger partial charge in [-0.15, -0.1) is 0 Å². The first kappa shape index (κ1) is 10.6. The quantitative estimate of drug-likeness (QED) is 0.806. The van der Waals surface area contributed by atoms with Gasteiger partial charge in [0.15, 0.2) is 0 Å². The molecular weight excluding hydrogens is 186 g/mol. The molecule has 1 atom stereocenters. The third-order valence-corrected chi connectivity index (χ3v) is 3.53. The van der Waals surface area contributed by atoms with Crippen molar-refractivity contribution in [1.29, 1.82) is 0 Å². The van der Waals surface area contributed by atoms with Crippen LogP contribution < -0.4 is 5.73 Å². The van der Waals surface area contributed by atoms with Crippen molar-refractivity contribution in [1.82, 2.24) is 9.97 Å². The SMILES string of the molecule is CC1CCC(C(N)c2cncnc2)CC1. The first-order valence-electron chi connectivity index (χ1n) is 5.78. The Labute approximate surface area is 91.1 Å². The van der Waals surface area contributed by atoms with Crippen LogP contribution >= 0.6 is 0 Å². The van der Waals surface area contributed by atoms with Crippen LogP contribution in [0.15, 0.2) is 18.7 Å². The second-order valence-electron chi connectivity index (χ2n) is 4.72. The minimum Gasteiger partial charge on any atom is -0.324 e. The van der Waals surface area contributed by atoms with Crippen LogP contribution in [-0.4, -0.2) is 9.97 Å². The summed E-state index contributed by atoms with van der Waals surface area (Å²) in [5, 5.41) is 0. The van der Waals surface area contributed by atoms with E-state index in [4.69, 9.17) is 5.73 Å². The smallest absolute Gasteiger partial charge is 0.115 e. The van der Waals surface area contributed by atoms with Crippen LogP contribution in [0.25, 0.3) is 0 Å². The van der Waals surface area contributed by atoms with Crippen molar-refractivity contribution in [3.8, 4) is 0 Å². The summed E-state index contributed by atoms with van der Waals surface area (Å²) in [6, 6.07) is 0.124. The van der Waals surface area contributed by atoms with E-state index in [1.165, 1.54) is 25.7 Å². The summed E-state index contributed by atoms with van der Waals surface area (Å²) in [4.78, 5) is 8.05. The molecule has 1 aromatic heterocycles. The molecule has 3 heteroatoms. The second kappa shape index (κ2) is 4.71. The fourth-order valence-corrected chi connectivity index (χ4v) is 2.40. The van der Waals surface area contributed by atoms with Crippen LogP contribution in [0.1, 0.15) is 44.2 Å². The lowest BCUT2D eigenvalue weighted by molar-refractivity contribution is 0.255. The molecule has 1 unspecified atom stereocenters. The highest BCUT2D eigenvalue weighted by atomic mass is 14.8. The van der Waals surface area contributed by atoms with Crippen molar-refractivity contribution < 1.29 is 0 Å². The molecule has 1 aliphatic carbocycles. The maximum absolute atomic E-state index is 6.24. The molecule has 1 aliphatic rings. The van der Waals surface area contributed by atoms with Crippen LogP contribution in [0.2, 0.25) is 0 Å². The third kappa shape index (κ3) is 2.53. The molecule has 82 valence electrons. The molecule has 2 N–H and O–H groups in total. The van der Waals surface area contributed by atoms with Gasteiger partial charge in [0.1, 0.15) is 6.33 Å². The van der Waals surface area contributed by atoms with Crippen LogP contribution in [-0.2, 0) is 0 Å². The lowest BCUT2D eigenvalue weighted by Gasteiger charge is -2.30. The number of hydrogen-bond acceptors (Lipinski definition) is 3. The average Bonchev–Trinajstić information content (AvgIpc) is 2.30. The summed E-state index contributed by atoms with van der Waals surface area (Å²) in [5.74, 6) is 1.49. The van der Waals surface area contributed by atoms with Crippen LogP contribution in [0.3, 0.4) is 0 Å². The van der Waals surface area contributed by atoms with E-state index < -0.39 is 0 Å². The van der Waals surface area contributed by atoms with E-state index in [-0.39, 0.29) is 6.04 Å². The second-order valence-corrected chi connectivity index (χ2v) is 4.72. The number of hydrogen-bond donors (Lipinski definition) is 1. The molecule has 0 radical (unpaired) electrons. The van der Waals surface area contributed by atoms with E-state index in [1.54, 1.807) is 6.33 Å². The lowest BCUT2D eigenvalue weighted by atomic mass is 9.78. The maximum Gasteiger partial charge on any atom is 0.115 e. The van der Waals surface area contributed by atoms with Gasteiger partial charge in [0, 0.05) is 24.0 Å². The van der Waals surface area contributed by atoms with Gasteiger partial charge in [-0.05, 0) is 24.7 Å². The molecule has 0 amide bonds. The molecule has 1 saturated carbocycles. The Bertz CT molecular complexity index is 291. The van der Waals surface area contributed by atoms with E-state index in [9.17, 15) is 0 Å². The number of nitrogens with zero attached hydrogens (tertiary/aromatic N) is 2. The van der Waals surface area contributed by atoms with E-state index >= 15 is 0 Å². The molecule has 0 aliphatic heterocycles. The number of nitrogens with two attached hydrogens (primary N) is 1. The van der Waals surface area contributed by atoms with Crippen molar-refractivity contribution in [2.45, 2.75) is 38.6 Å². The molecular formula is C12H19N3. The van der Waals surface area contributed by atoms with Gasteiger partial charge in [0.2, 0.25) is 0 Å². The summed E-state index contributed by atoms with van der Waals surface area (Å²) >= 11 is 0. The monoisotopic (exact) mass is 205 g/mol. The molecule has 0 aromatic carbocycles. The van der Waals surface area contributed by atoms with Crippen molar-refractivity contribution in [2.24, 2.45) is 17.6 Å². The maximum atomic E-state index is 6.24. The summed E-state index contributed by atoms with van der Waals surface area (Å²) in [5.41, 5.74) is 7.32. The Morgan fingerprint density at radius 2 is 1.80 bits per heavy atom. The van der Waals surface area contributed by atoms with Crippen molar-refractivity contribution in [3.05, 3.63) is 24.3 Å². The van der Waals surface area contributed by atoms with Gasteiger partial charge >= 0.3 is 0 Å². The predicted octanol–water partition coefficient (Wildman–Crippen LogP) is 2.30. The van der Waals surface area contributed by atoms with Crippen LogP contribution in [0.5, 0.6) is 0 Å². The molecule has 1 fully saturated rings. The minimum atomic E-state index is 0.124. The average molecular weight is 205 g/mol. The summed E-state index contributed by atoms with van der Waals surface area (Å²) < 4.78 is 0. The van der Waals surface area contributed by atoms with Gasteiger partial charge < -0.3 is 5.73 Å². The number of rotatable bonds is 2. The summed E-state index contributed by atoms with van der Waals surface area (Å²) in [6.45, 7) is 2.33. The standard InChI is InChI=1S/C12H19N3/c1-9-2-4-10(5-3-9)12(13)11-6-14-8-15-7-11/h6-10,12H,2-5,13H2,1H3. The predicted molar refractivity (Wildman–Crippen MR) is 60.1 cm³/mol. The molecule has 0 saturated heterocycles. The highest BCUT2D eigenvalue weighted by Gasteiger charge is 2.24. The Hall–Kier alpha value is -0.960. The highest BCUT2D eigenvalue weighted by molar-refractivity contribution is 5.10. The molecule has 2 rings (SSSR count). The van der Waals surface area contributed by atoms with Crippen LogP contribution in [0, 0.1) is 11.8 Å². The molecule has 3 nitrogen and oxygen atoms in total. The van der Waals surface area contributed by atoms with E-state index in [0.29, 0.717) is 5.92 Å². The van der Waals surface area contributed by atoms with E-state index in [2.05, 4.69) is 16.9 Å². The largest absolute Gasteiger partial charge is 0.324 e. The third-order valence-electron chi connectivity index (χ3n) is 3.53. The molecule has 0 spiro atoms. The fourth-order valence-electron chi connectivity index (χ4n) is 2.40. The number of aromatic nitrogens is 2. The Balaban J connectivity index is 1.99. The fraction of sp³-hybridized carbons (Fsp3) is 0.667. The first-order chi connectivity index (χ1) is 7.27. The summed E-state index contributed by atoms with van der Waals surface area (Å²) in [7, 11) is 0. The Morgan fingerprint density at radius 1 is 1.20 bits per heavy atom. The highest BCUT2D eigenvalue weighted by Crippen LogP contribution is 2.34. The van der Waals surface area contributed by atoms with E-state index in [0.717, 1.165) is 11.5 Å². The van der Waals surface area contributed by atoms with Gasteiger partial charge in [0.05, 0.1) is 0 Å². The lowest BCUT2D eigenvalue weighted by Crippen LogP contribution is -2.25. The zero-order valence-electron chi connectivity index (χ0n) is 9.26. The zero-order valence-corrected chi connectivity index (χ0v) is 9.26. The van der Waals surface area contributed by atoms with Gasteiger partial charge in [-0.25, -0.2) is 9.97 Å². The van der Waals surface area contributed by atoms with Gasteiger partial charge in [0.25, 0.3) is 0 Å². The van der Waals surface area contributed by atoms with Gasteiger partial charge in [-0.1, -0.05) is 19.8 Å². The van der Waals surface area contributed by atoms with Crippen molar-refractivity contribution >= 4 is 0 Å². The van der Waals surface area contributed by atoms with Gasteiger partial charge in [-0.3, -0.25) is 0 Å². The zero-order chi connectivity index (χ0) is 10.7. The molecule has 1 heterocycles. The molecule has 15 heavy (non-hydrogen) atoms. The molecule has 1 aromatic rings.